The van der Waals surface area contributed by atoms with Crippen LogP contribution < -0.4 is 14.8 Å². The summed E-state index contributed by atoms with van der Waals surface area (Å²) in [5.74, 6) is 1.35. The number of hydrogen-bond acceptors (Lipinski definition) is 6. The maximum absolute atomic E-state index is 11.6. The second-order valence-electron chi connectivity index (χ2n) is 6.82. The third-order valence-corrected chi connectivity index (χ3v) is 5.42. The number of ether oxygens (including phenoxy) is 2. The summed E-state index contributed by atoms with van der Waals surface area (Å²) in [6, 6.07) is 12.7. The standard InChI is InChI=1S/C21H19N3O4/c1-27-18-10-9-17(24(25)26)19-15-3-2-4-16(15)20(23-21(18)19)13-5-7-14(8-6-13)28-12-11-22/h2-3,5-10,15-16,20,23H,4,12H2,1H3/t15-,16+,20+/m0/s1. The Morgan fingerprint density at radius 2 is 2.07 bits per heavy atom. The molecule has 0 radical (unpaired) electrons. The average molecular weight is 377 g/mol. The molecule has 0 amide bonds. The molecule has 0 saturated carbocycles. The Bertz CT molecular complexity index is 978. The van der Waals surface area contributed by atoms with Gasteiger partial charge in [-0.15, -0.1) is 0 Å². The first kappa shape index (κ1) is 17.9. The predicted molar refractivity (Wildman–Crippen MR) is 104 cm³/mol. The topological polar surface area (TPSA) is 97.4 Å². The summed E-state index contributed by atoms with van der Waals surface area (Å²) < 4.78 is 10.8. The lowest BCUT2D eigenvalue weighted by Gasteiger charge is -2.37. The van der Waals surface area contributed by atoms with Crippen LogP contribution >= 0.6 is 0 Å². The van der Waals surface area contributed by atoms with Gasteiger partial charge in [0, 0.05) is 12.0 Å². The lowest BCUT2D eigenvalue weighted by molar-refractivity contribution is -0.385. The van der Waals surface area contributed by atoms with Crippen LogP contribution in [0.4, 0.5) is 11.4 Å². The van der Waals surface area contributed by atoms with Crippen LogP contribution in [0.15, 0.2) is 48.6 Å². The van der Waals surface area contributed by atoms with E-state index in [9.17, 15) is 10.1 Å². The van der Waals surface area contributed by atoms with Crippen LogP contribution in [0.25, 0.3) is 0 Å². The van der Waals surface area contributed by atoms with Gasteiger partial charge in [0.1, 0.15) is 17.6 Å². The average Bonchev–Trinajstić information content (AvgIpc) is 3.21. The van der Waals surface area contributed by atoms with Crippen molar-refractivity contribution in [1.29, 1.82) is 5.26 Å². The van der Waals surface area contributed by atoms with Gasteiger partial charge in [-0.3, -0.25) is 10.1 Å². The molecule has 1 N–H and O–H groups in total. The van der Waals surface area contributed by atoms with E-state index in [4.69, 9.17) is 14.7 Å². The van der Waals surface area contributed by atoms with E-state index in [0.717, 1.165) is 12.0 Å². The molecule has 0 saturated heterocycles. The molecule has 1 aliphatic heterocycles. The Morgan fingerprint density at radius 1 is 1.29 bits per heavy atom. The van der Waals surface area contributed by atoms with Gasteiger partial charge in [0.25, 0.3) is 5.69 Å². The second-order valence-corrected chi connectivity index (χ2v) is 6.82. The number of fused-ring (bicyclic) bond motifs is 3. The van der Waals surface area contributed by atoms with Gasteiger partial charge in [0.15, 0.2) is 6.61 Å². The van der Waals surface area contributed by atoms with Crippen LogP contribution in [0.1, 0.15) is 29.5 Å². The van der Waals surface area contributed by atoms with Crippen molar-refractivity contribution in [3.8, 4) is 17.6 Å². The number of allylic oxidation sites excluding steroid dienone is 2. The van der Waals surface area contributed by atoms with E-state index in [0.29, 0.717) is 22.7 Å². The summed E-state index contributed by atoms with van der Waals surface area (Å²) in [6.07, 6.45) is 4.99. The van der Waals surface area contributed by atoms with Crippen molar-refractivity contribution >= 4 is 11.4 Å². The normalized spacial score (nSPS) is 21.8. The molecule has 3 atom stereocenters. The Morgan fingerprint density at radius 3 is 2.75 bits per heavy atom. The maximum Gasteiger partial charge on any atom is 0.275 e. The SMILES string of the molecule is COc1ccc([N+](=O)[O-])c2c1N[C@H](c1ccc(OCC#N)cc1)[C@@H]1CC=C[C@H]21. The van der Waals surface area contributed by atoms with E-state index in [1.165, 1.54) is 6.07 Å². The zero-order valence-electron chi connectivity index (χ0n) is 15.3. The smallest absolute Gasteiger partial charge is 0.275 e. The van der Waals surface area contributed by atoms with Crippen LogP contribution in [0.3, 0.4) is 0 Å². The van der Waals surface area contributed by atoms with E-state index in [1.54, 1.807) is 13.2 Å². The van der Waals surface area contributed by atoms with Gasteiger partial charge in [-0.2, -0.15) is 5.26 Å². The number of anilines is 1. The van der Waals surface area contributed by atoms with Crippen molar-refractivity contribution in [1.82, 2.24) is 0 Å². The van der Waals surface area contributed by atoms with Gasteiger partial charge in [0.2, 0.25) is 0 Å². The summed E-state index contributed by atoms with van der Waals surface area (Å²) >= 11 is 0. The van der Waals surface area contributed by atoms with Crippen LogP contribution in [-0.4, -0.2) is 18.6 Å². The Kier molecular flexibility index (Phi) is 4.62. The first-order valence-electron chi connectivity index (χ1n) is 9.02. The van der Waals surface area contributed by atoms with Crippen molar-refractivity contribution in [2.45, 2.75) is 18.4 Å². The number of nitriles is 1. The number of nitro groups is 1. The summed E-state index contributed by atoms with van der Waals surface area (Å²) in [4.78, 5) is 11.3. The molecule has 0 spiro atoms. The zero-order chi connectivity index (χ0) is 19.7. The molecular weight excluding hydrogens is 358 g/mol. The second kappa shape index (κ2) is 7.24. The molecule has 2 aromatic carbocycles. The van der Waals surface area contributed by atoms with Crippen molar-refractivity contribution in [3.05, 3.63) is 69.8 Å². The van der Waals surface area contributed by atoms with E-state index in [2.05, 4.69) is 17.5 Å². The summed E-state index contributed by atoms with van der Waals surface area (Å²) in [7, 11) is 1.57. The minimum absolute atomic E-state index is 0.00386. The lowest BCUT2D eigenvalue weighted by atomic mass is 9.76. The molecule has 7 nitrogen and oxygen atoms in total. The molecule has 0 unspecified atom stereocenters. The van der Waals surface area contributed by atoms with Gasteiger partial charge in [-0.25, -0.2) is 0 Å². The monoisotopic (exact) mass is 377 g/mol. The molecule has 7 heteroatoms. The number of benzene rings is 2. The van der Waals surface area contributed by atoms with E-state index >= 15 is 0 Å². The minimum Gasteiger partial charge on any atom is -0.495 e. The maximum atomic E-state index is 11.6. The van der Waals surface area contributed by atoms with Crippen molar-refractivity contribution in [2.24, 2.45) is 5.92 Å². The minimum atomic E-state index is -0.329. The number of nitro benzene ring substituents is 1. The van der Waals surface area contributed by atoms with Gasteiger partial charge in [0.05, 0.1) is 29.3 Å². The Balaban J connectivity index is 1.75. The first-order valence-corrected chi connectivity index (χ1v) is 9.02. The van der Waals surface area contributed by atoms with E-state index in [1.807, 2.05) is 30.3 Å². The van der Waals surface area contributed by atoms with Crippen LogP contribution in [0.2, 0.25) is 0 Å². The van der Waals surface area contributed by atoms with Gasteiger partial charge >= 0.3 is 0 Å². The van der Waals surface area contributed by atoms with Crippen molar-refractivity contribution in [3.63, 3.8) is 0 Å². The molecule has 2 aromatic rings. The number of methoxy groups -OCH3 is 1. The van der Waals surface area contributed by atoms with Gasteiger partial charge in [-0.1, -0.05) is 24.3 Å². The van der Waals surface area contributed by atoms with Gasteiger partial charge in [-0.05, 0) is 36.1 Å². The molecule has 2 aliphatic rings. The highest BCUT2D eigenvalue weighted by Gasteiger charge is 2.42. The number of hydrogen-bond donors (Lipinski definition) is 1. The van der Waals surface area contributed by atoms with Crippen LogP contribution in [-0.2, 0) is 0 Å². The zero-order valence-corrected chi connectivity index (χ0v) is 15.3. The van der Waals surface area contributed by atoms with E-state index < -0.39 is 0 Å². The largest absolute Gasteiger partial charge is 0.495 e. The van der Waals surface area contributed by atoms with Gasteiger partial charge < -0.3 is 14.8 Å². The summed E-state index contributed by atoms with van der Waals surface area (Å²) in [5, 5.41) is 23.8. The Hall–Kier alpha value is -3.53. The molecule has 0 aromatic heterocycles. The molecule has 4 rings (SSSR count). The number of nitrogens with zero attached hydrogens (tertiary/aromatic N) is 2. The fraction of sp³-hybridized carbons (Fsp3) is 0.286. The molecule has 1 heterocycles. The van der Waals surface area contributed by atoms with Crippen molar-refractivity contribution < 1.29 is 14.4 Å². The Labute approximate surface area is 162 Å². The molecule has 0 fully saturated rings. The fourth-order valence-electron chi connectivity index (χ4n) is 4.21. The highest BCUT2D eigenvalue weighted by Crippen LogP contribution is 2.54. The molecule has 28 heavy (non-hydrogen) atoms. The van der Waals surface area contributed by atoms with Crippen LogP contribution in [0, 0.1) is 27.4 Å². The summed E-state index contributed by atoms with van der Waals surface area (Å²) in [5.41, 5.74) is 2.54. The van der Waals surface area contributed by atoms with E-state index in [-0.39, 0.29) is 35.1 Å². The highest BCUT2D eigenvalue weighted by atomic mass is 16.6. The van der Waals surface area contributed by atoms with Crippen LogP contribution in [0.5, 0.6) is 11.5 Å². The predicted octanol–water partition coefficient (Wildman–Crippen LogP) is 4.33. The summed E-state index contributed by atoms with van der Waals surface area (Å²) in [6.45, 7) is 0.00386. The molecule has 1 aliphatic carbocycles. The molecule has 142 valence electrons. The molecular formula is C21H19N3O4. The quantitative estimate of drug-likeness (QED) is 0.473. The third kappa shape index (κ3) is 2.93. The number of nitrogens with one attached hydrogen (secondary N) is 1. The molecule has 0 bridgehead atoms. The fourth-order valence-corrected chi connectivity index (χ4v) is 4.21. The van der Waals surface area contributed by atoms with Crippen molar-refractivity contribution in [2.75, 3.05) is 19.0 Å². The highest BCUT2D eigenvalue weighted by molar-refractivity contribution is 5.73. The number of rotatable bonds is 5. The first-order chi connectivity index (χ1) is 13.6. The lowest BCUT2D eigenvalue weighted by Crippen LogP contribution is -2.30. The third-order valence-electron chi connectivity index (χ3n) is 5.42.